The number of fused-ring (bicyclic) bond motifs is 1. The van der Waals surface area contributed by atoms with Crippen LogP contribution in [-0.4, -0.2) is 24.0 Å². The van der Waals surface area contributed by atoms with Gasteiger partial charge in [0.05, 0.1) is 12.7 Å². The minimum absolute atomic E-state index is 0.0515. The second-order valence-electron chi connectivity index (χ2n) is 5.01. The first-order valence-corrected chi connectivity index (χ1v) is 6.82. The molecule has 2 aromatic rings. The molecule has 100 valence electrons. The van der Waals surface area contributed by atoms with E-state index in [9.17, 15) is 4.79 Å². The van der Waals surface area contributed by atoms with Crippen molar-refractivity contribution in [2.45, 2.75) is 25.7 Å². The van der Waals surface area contributed by atoms with Crippen molar-refractivity contribution in [2.75, 3.05) is 13.1 Å². The number of hydrogen-bond acceptors (Lipinski definition) is 3. The van der Waals surface area contributed by atoms with Gasteiger partial charge in [0.25, 0.3) is 0 Å². The van der Waals surface area contributed by atoms with Gasteiger partial charge < -0.3 is 4.42 Å². The van der Waals surface area contributed by atoms with E-state index < -0.39 is 0 Å². The summed E-state index contributed by atoms with van der Waals surface area (Å²) in [5.41, 5.74) is 4.84. The molecule has 0 radical (unpaired) electrons. The molecule has 1 aliphatic heterocycles. The number of rotatable bonds is 3. The van der Waals surface area contributed by atoms with E-state index in [4.69, 9.17) is 4.42 Å². The molecule has 1 aromatic carbocycles. The highest BCUT2D eigenvalue weighted by Crippen LogP contribution is 2.20. The van der Waals surface area contributed by atoms with Crippen molar-refractivity contribution in [3.63, 3.8) is 0 Å². The zero-order valence-electron chi connectivity index (χ0n) is 10.9. The van der Waals surface area contributed by atoms with Gasteiger partial charge in [0.15, 0.2) is 0 Å². The van der Waals surface area contributed by atoms with Crippen molar-refractivity contribution in [1.82, 2.24) is 10.4 Å². The normalized spacial score (nSPS) is 16.6. The van der Waals surface area contributed by atoms with Gasteiger partial charge in [-0.3, -0.25) is 10.2 Å². The Labute approximate surface area is 112 Å². The number of furan rings is 1. The van der Waals surface area contributed by atoms with Gasteiger partial charge in [0.2, 0.25) is 5.91 Å². The number of piperidine rings is 1. The van der Waals surface area contributed by atoms with E-state index >= 15 is 0 Å². The fourth-order valence-corrected chi connectivity index (χ4v) is 2.61. The van der Waals surface area contributed by atoms with Crippen LogP contribution < -0.4 is 5.43 Å². The lowest BCUT2D eigenvalue weighted by atomic mass is 10.1. The molecule has 3 rings (SSSR count). The molecule has 19 heavy (non-hydrogen) atoms. The smallest absolute Gasteiger partial charge is 0.238 e. The molecule has 0 bridgehead atoms. The number of carbonyl (C=O) groups excluding carboxylic acids is 1. The Balaban J connectivity index is 1.67. The Morgan fingerprint density at radius 1 is 1.21 bits per heavy atom. The lowest BCUT2D eigenvalue weighted by Crippen LogP contribution is -2.45. The monoisotopic (exact) mass is 258 g/mol. The van der Waals surface area contributed by atoms with Gasteiger partial charge in [-0.2, -0.15) is 0 Å². The summed E-state index contributed by atoms with van der Waals surface area (Å²) in [6.45, 7) is 1.92. The highest BCUT2D eigenvalue weighted by Gasteiger charge is 2.14. The molecular formula is C15H18N2O2. The largest absolute Gasteiger partial charge is 0.464 e. The van der Waals surface area contributed by atoms with Gasteiger partial charge in [0.1, 0.15) is 5.58 Å². The van der Waals surface area contributed by atoms with Gasteiger partial charge in [-0.25, -0.2) is 5.01 Å². The van der Waals surface area contributed by atoms with Gasteiger partial charge in [-0.15, -0.1) is 0 Å². The minimum atomic E-state index is 0.0515. The van der Waals surface area contributed by atoms with Crippen LogP contribution in [0.2, 0.25) is 0 Å². The Morgan fingerprint density at radius 3 is 2.89 bits per heavy atom. The van der Waals surface area contributed by atoms with Crippen LogP contribution in [0.3, 0.4) is 0 Å². The number of nitrogens with one attached hydrogen (secondary N) is 1. The Hall–Kier alpha value is -1.81. The summed E-state index contributed by atoms with van der Waals surface area (Å²) in [7, 11) is 0. The molecule has 4 nitrogen and oxygen atoms in total. The average molecular weight is 258 g/mol. The summed E-state index contributed by atoms with van der Waals surface area (Å²) in [4.78, 5) is 12.1. The van der Waals surface area contributed by atoms with Gasteiger partial charge in [-0.05, 0) is 30.5 Å². The third-order valence-corrected chi connectivity index (χ3v) is 3.58. The fraction of sp³-hybridized carbons (Fsp3) is 0.400. The summed E-state index contributed by atoms with van der Waals surface area (Å²) < 4.78 is 5.35. The van der Waals surface area contributed by atoms with E-state index in [-0.39, 0.29) is 5.91 Å². The van der Waals surface area contributed by atoms with Crippen molar-refractivity contribution >= 4 is 16.9 Å². The summed E-state index contributed by atoms with van der Waals surface area (Å²) in [6.07, 6.45) is 5.65. The second kappa shape index (κ2) is 5.45. The van der Waals surface area contributed by atoms with Crippen LogP contribution in [0.25, 0.3) is 11.0 Å². The third-order valence-electron chi connectivity index (χ3n) is 3.58. The molecule has 4 heteroatoms. The van der Waals surface area contributed by atoms with Crippen molar-refractivity contribution in [3.05, 3.63) is 36.1 Å². The van der Waals surface area contributed by atoms with E-state index in [0.29, 0.717) is 6.42 Å². The SMILES string of the molecule is O=C(Cc1cccc2occc12)NN1CCCCC1. The highest BCUT2D eigenvalue weighted by molar-refractivity contribution is 5.87. The molecule has 1 N–H and O–H groups in total. The molecule has 1 saturated heterocycles. The van der Waals surface area contributed by atoms with Crippen LogP contribution in [0.1, 0.15) is 24.8 Å². The third kappa shape index (κ3) is 2.79. The van der Waals surface area contributed by atoms with Crippen LogP contribution >= 0.6 is 0 Å². The molecule has 2 heterocycles. The topological polar surface area (TPSA) is 45.5 Å². The molecule has 0 aliphatic carbocycles. The van der Waals surface area contributed by atoms with Crippen molar-refractivity contribution < 1.29 is 9.21 Å². The van der Waals surface area contributed by atoms with Crippen LogP contribution in [0, 0.1) is 0 Å². The molecule has 0 unspecified atom stereocenters. The van der Waals surface area contributed by atoms with Gasteiger partial charge in [0, 0.05) is 18.5 Å². The molecule has 1 aromatic heterocycles. The quantitative estimate of drug-likeness (QED) is 0.920. The standard InChI is InChI=1S/C15H18N2O2/c18-15(16-17-8-2-1-3-9-17)11-12-5-4-6-14-13(12)7-10-19-14/h4-7,10H,1-3,8-9,11H2,(H,16,18). The van der Waals surface area contributed by atoms with E-state index in [1.54, 1.807) is 6.26 Å². The minimum Gasteiger partial charge on any atom is -0.464 e. The Morgan fingerprint density at radius 2 is 2.05 bits per heavy atom. The zero-order valence-corrected chi connectivity index (χ0v) is 10.9. The summed E-state index contributed by atoms with van der Waals surface area (Å²) in [5, 5.41) is 3.05. The van der Waals surface area contributed by atoms with Crippen LogP contribution in [0.15, 0.2) is 34.9 Å². The maximum atomic E-state index is 12.1. The first-order chi connectivity index (χ1) is 9.33. The molecule has 0 spiro atoms. The first-order valence-electron chi connectivity index (χ1n) is 6.82. The predicted molar refractivity (Wildman–Crippen MR) is 73.5 cm³/mol. The van der Waals surface area contributed by atoms with E-state index in [2.05, 4.69) is 5.43 Å². The Kier molecular flexibility index (Phi) is 3.51. The number of nitrogens with zero attached hydrogens (tertiary/aromatic N) is 1. The van der Waals surface area contributed by atoms with Crippen LogP contribution in [0.5, 0.6) is 0 Å². The molecule has 1 aliphatic rings. The van der Waals surface area contributed by atoms with Crippen LogP contribution in [0.4, 0.5) is 0 Å². The number of amides is 1. The molecule has 0 atom stereocenters. The summed E-state index contributed by atoms with van der Waals surface area (Å²) in [6, 6.07) is 7.74. The van der Waals surface area contributed by atoms with E-state index in [1.807, 2.05) is 29.3 Å². The molecule has 0 saturated carbocycles. The van der Waals surface area contributed by atoms with E-state index in [1.165, 1.54) is 6.42 Å². The van der Waals surface area contributed by atoms with Gasteiger partial charge in [-0.1, -0.05) is 18.6 Å². The molecule has 1 amide bonds. The number of carbonyl (C=O) groups is 1. The van der Waals surface area contributed by atoms with Crippen molar-refractivity contribution in [3.8, 4) is 0 Å². The molecule has 1 fully saturated rings. The predicted octanol–water partition coefficient (Wildman–Crippen LogP) is 2.49. The summed E-state index contributed by atoms with van der Waals surface area (Å²) >= 11 is 0. The lowest BCUT2D eigenvalue weighted by Gasteiger charge is -2.26. The van der Waals surface area contributed by atoms with E-state index in [0.717, 1.165) is 42.5 Å². The highest BCUT2D eigenvalue weighted by atomic mass is 16.3. The number of hydrazine groups is 1. The second-order valence-corrected chi connectivity index (χ2v) is 5.01. The number of hydrogen-bond donors (Lipinski definition) is 1. The summed E-state index contributed by atoms with van der Waals surface area (Å²) in [5.74, 6) is 0.0515. The fourth-order valence-electron chi connectivity index (χ4n) is 2.61. The zero-order chi connectivity index (χ0) is 13.1. The van der Waals surface area contributed by atoms with Crippen molar-refractivity contribution in [2.24, 2.45) is 0 Å². The lowest BCUT2D eigenvalue weighted by molar-refractivity contribution is -0.125. The maximum Gasteiger partial charge on any atom is 0.238 e. The number of benzene rings is 1. The maximum absolute atomic E-state index is 12.1. The van der Waals surface area contributed by atoms with Gasteiger partial charge >= 0.3 is 0 Å². The average Bonchev–Trinajstić information content (AvgIpc) is 2.89. The first kappa shape index (κ1) is 12.2. The van der Waals surface area contributed by atoms with Crippen molar-refractivity contribution in [1.29, 1.82) is 0 Å². The Bertz CT molecular complexity index is 570. The molecular weight excluding hydrogens is 240 g/mol. The van der Waals surface area contributed by atoms with Crippen LogP contribution in [-0.2, 0) is 11.2 Å².